The second kappa shape index (κ2) is 8.75. The molecule has 1 fully saturated rings. The second-order valence-electron chi connectivity index (χ2n) is 7.57. The first-order valence-electron chi connectivity index (χ1n) is 9.22. The fourth-order valence-corrected chi connectivity index (χ4v) is 4.20. The van der Waals surface area contributed by atoms with Crippen LogP contribution in [-0.2, 0) is 19.1 Å². The van der Waals surface area contributed by atoms with Crippen molar-refractivity contribution in [3.05, 3.63) is 41.7 Å². The van der Waals surface area contributed by atoms with Gasteiger partial charge >= 0.3 is 5.97 Å². The highest BCUT2D eigenvalue weighted by molar-refractivity contribution is 5.94. The number of aliphatic hydroxyl groups is 2. The van der Waals surface area contributed by atoms with E-state index in [1.165, 1.54) is 21.0 Å². The van der Waals surface area contributed by atoms with Gasteiger partial charge in [-0.15, -0.1) is 0 Å². The van der Waals surface area contributed by atoms with E-state index in [0.717, 1.165) is 6.26 Å². The third-order valence-electron chi connectivity index (χ3n) is 5.76. The Morgan fingerprint density at radius 3 is 2.34 bits per heavy atom. The summed E-state index contributed by atoms with van der Waals surface area (Å²) in [7, 11) is 1.25. The first-order chi connectivity index (χ1) is 13.6. The molecule has 0 amide bonds. The van der Waals surface area contributed by atoms with E-state index in [9.17, 15) is 24.6 Å². The number of carbonyl (C=O) groups is 3. The van der Waals surface area contributed by atoms with Crippen LogP contribution < -0.4 is 5.73 Å². The molecule has 4 N–H and O–H groups in total. The molecule has 0 radical (unpaired) electrons. The molecule has 1 aliphatic carbocycles. The fourth-order valence-electron chi connectivity index (χ4n) is 4.20. The average molecular weight is 405 g/mol. The number of methoxy groups -OCH3 is 1. The minimum atomic E-state index is -1.43. The van der Waals surface area contributed by atoms with Crippen molar-refractivity contribution in [2.75, 3.05) is 12.8 Å². The third-order valence-corrected chi connectivity index (χ3v) is 5.76. The highest BCUT2D eigenvalue weighted by atomic mass is 16.6. The molecule has 8 heteroatoms. The van der Waals surface area contributed by atoms with Crippen molar-refractivity contribution >= 4 is 23.7 Å². The number of benzene rings is 1. The number of nitrogen functional groups attached to an aromatic ring is 1. The van der Waals surface area contributed by atoms with Crippen LogP contribution >= 0.6 is 0 Å². The molecule has 1 aromatic rings. The predicted octanol–water partition coefficient (Wildman–Crippen LogP) is 1.31. The number of aliphatic hydroxyl groups excluding tert-OH is 1. The van der Waals surface area contributed by atoms with Gasteiger partial charge in [0.1, 0.15) is 6.29 Å². The lowest BCUT2D eigenvalue weighted by atomic mass is 9.79. The van der Waals surface area contributed by atoms with E-state index in [1.54, 1.807) is 31.2 Å². The van der Waals surface area contributed by atoms with E-state index >= 15 is 0 Å². The summed E-state index contributed by atoms with van der Waals surface area (Å²) in [5.74, 6) is -2.68. The summed E-state index contributed by atoms with van der Waals surface area (Å²) in [6, 6.07) is 6.88. The van der Waals surface area contributed by atoms with Crippen molar-refractivity contribution in [3.63, 3.8) is 0 Å². The number of hydrogen-bond acceptors (Lipinski definition) is 8. The number of aldehydes is 1. The normalized spacial score (nSPS) is 32.6. The molecule has 1 aliphatic heterocycles. The van der Waals surface area contributed by atoms with E-state index in [0.29, 0.717) is 17.5 Å². The number of carbonyl (C=O) groups excluding carboxylic acids is 3. The van der Waals surface area contributed by atoms with Crippen LogP contribution in [0.15, 0.2) is 36.1 Å². The first kappa shape index (κ1) is 22.6. The Morgan fingerprint density at radius 1 is 1.28 bits per heavy atom. The SMILES string of the molecule is CC(=O)c1ccc(N)cc1.COC(=O)C1=COC(O)[C@H]2[C@@H]1[C@H](C)C(C=O)[C@]2(C)O. The summed E-state index contributed by atoms with van der Waals surface area (Å²) in [5.41, 5.74) is 5.62. The van der Waals surface area contributed by atoms with E-state index in [4.69, 9.17) is 10.5 Å². The Hall–Kier alpha value is -2.71. The van der Waals surface area contributed by atoms with Crippen LogP contribution in [0.1, 0.15) is 31.1 Å². The van der Waals surface area contributed by atoms with E-state index < -0.39 is 35.6 Å². The molecule has 1 heterocycles. The summed E-state index contributed by atoms with van der Waals surface area (Å²) in [6.45, 7) is 4.79. The van der Waals surface area contributed by atoms with Gasteiger partial charge in [0.25, 0.3) is 0 Å². The molecule has 0 saturated heterocycles. The maximum atomic E-state index is 11.7. The number of ketones is 1. The van der Waals surface area contributed by atoms with Gasteiger partial charge in [0.15, 0.2) is 5.78 Å². The molecule has 6 atom stereocenters. The van der Waals surface area contributed by atoms with Gasteiger partial charge in [-0.3, -0.25) is 4.79 Å². The van der Waals surface area contributed by atoms with Gasteiger partial charge in [-0.1, -0.05) is 6.92 Å². The van der Waals surface area contributed by atoms with Crippen molar-refractivity contribution in [2.24, 2.45) is 23.7 Å². The standard InChI is InChI=1S/C13H18O6.C8H9NO/c1-6-8(4-14)13(2,17)10-9(6)7(11(15)18-3)5-19-12(10)16;1-6(10)7-2-4-8(9)5-3-7/h4-6,8-10,12,16-17H,1-3H3;2-5H,9H2,1H3/t6-,8?,9-,10-,12?,13+;/m1./s1. The van der Waals surface area contributed by atoms with Gasteiger partial charge in [-0.2, -0.15) is 0 Å². The molecular weight excluding hydrogens is 378 g/mol. The maximum absolute atomic E-state index is 11.7. The van der Waals surface area contributed by atoms with Gasteiger partial charge in [0.2, 0.25) is 6.29 Å². The lowest BCUT2D eigenvalue weighted by Crippen LogP contribution is -2.47. The minimum Gasteiger partial charge on any atom is -0.472 e. The van der Waals surface area contributed by atoms with E-state index in [2.05, 4.69) is 4.74 Å². The molecule has 1 aromatic carbocycles. The van der Waals surface area contributed by atoms with Crippen molar-refractivity contribution in [2.45, 2.75) is 32.7 Å². The molecule has 0 spiro atoms. The number of esters is 1. The molecule has 0 bridgehead atoms. The summed E-state index contributed by atoms with van der Waals surface area (Å²) in [4.78, 5) is 33.7. The number of anilines is 1. The van der Waals surface area contributed by atoms with Crippen LogP contribution in [0.3, 0.4) is 0 Å². The highest BCUT2D eigenvalue weighted by Crippen LogP contribution is 2.53. The van der Waals surface area contributed by atoms with Crippen molar-refractivity contribution in [1.29, 1.82) is 0 Å². The molecule has 8 nitrogen and oxygen atoms in total. The summed E-state index contributed by atoms with van der Waals surface area (Å²) < 4.78 is 9.70. The topological polar surface area (TPSA) is 136 Å². The van der Waals surface area contributed by atoms with Crippen LogP contribution in [-0.4, -0.2) is 47.3 Å². The minimum absolute atomic E-state index is 0.0694. The average Bonchev–Trinajstić information content (AvgIpc) is 2.88. The largest absolute Gasteiger partial charge is 0.472 e. The number of rotatable bonds is 3. The van der Waals surface area contributed by atoms with Crippen LogP contribution in [0.5, 0.6) is 0 Å². The molecule has 2 aliphatic rings. The fraction of sp³-hybridized carbons (Fsp3) is 0.476. The number of hydrogen-bond donors (Lipinski definition) is 3. The monoisotopic (exact) mass is 405 g/mol. The molecule has 29 heavy (non-hydrogen) atoms. The smallest absolute Gasteiger partial charge is 0.337 e. The zero-order valence-electron chi connectivity index (χ0n) is 16.9. The van der Waals surface area contributed by atoms with E-state index in [1.807, 2.05) is 0 Å². The van der Waals surface area contributed by atoms with Gasteiger partial charge in [-0.05, 0) is 44.0 Å². The zero-order chi connectivity index (χ0) is 21.9. The summed E-state index contributed by atoms with van der Waals surface area (Å²) in [6.07, 6.45) is 0.586. The number of fused-ring (bicyclic) bond motifs is 1. The van der Waals surface area contributed by atoms with Gasteiger partial charge < -0.3 is 30.2 Å². The Balaban J connectivity index is 0.000000253. The summed E-state index contributed by atoms with van der Waals surface area (Å²) >= 11 is 0. The van der Waals surface area contributed by atoms with Gasteiger partial charge in [0, 0.05) is 23.1 Å². The van der Waals surface area contributed by atoms with Crippen LogP contribution in [0.2, 0.25) is 0 Å². The Bertz CT molecular complexity index is 800. The molecular formula is C21H27NO7. The maximum Gasteiger partial charge on any atom is 0.337 e. The van der Waals surface area contributed by atoms with Gasteiger partial charge in [-0.25, -0.2) is 4.79 Å². The van der Waals surface area contributed by atoms with Crippen LogP contribution in [0.4, 0.5) is 5.69 Å². The second-order valence-corrected chi connectivity index (χ2v) is 7.57. The quantitative estimate of drug-likeness (QED) is 0.296. The molecule has 3 rings (SSSR count). The first-order valence-corrected chi connectivity index (χ1v) is 9.22. The van der Waals surface area contributed by atoms with Crippen molar-refractivity contribution < 1.29 is 34.1 Å². The molecule has 158 valence electrons. The molecule has 0 aromatic heterocycles. The molecule has 1 saturated carbocycles. The summed E-state index contributed by atoms with van der Waals surface area (Å²) in [5, 5.41) is 20.4. The Morgan fingerprint density at radius 2 is 1.86 bits per heavy atom. The number of nitrogens with two attached hydrogens (primary N) is 1. The molecule has 2 unspecified atom stereocenters. The predicted molar refractivity (Wildman–Crippen MR) is 104 cm³/mol. The van der Waals surface area contributed by atoms with Crippen LogP contribution in [0, 0.1) is 23.7 Å². The Labute approximate surface area is 169 Å². The number of ether oxygens (including phenoxy) is 2. The highest BCUT2D eigenvalue weighted by Gasteiger charge is 2.61. The van der Waals surface area contributed by atoms with Crippen LogP contribution in [0.25, 0.3) is 0 Å². The van der Waals surface area contributed by atoms with E-state index in [-0.39, 0.29) is 17.3 Å². The van der Waals surface area contributed by atoms with Crippen molar-refractivity contribution in [1.82, 2.24) is 0 Å². The third kappa shape index (κ3) is 4.33. The Kier molecular flexibility index (Phi) is 6.81. The van der Waals surface area contributed by atoms with Crippen molar-refractivity contribution in [3.8, 4) is 0 Å². The lowest BCUT2D eigenvalue weighted by molar-refractivity contribution is -0.171. The van der Waals surface area contributed by atoms with Gasteiger partial charge in [0.05, 0.1) is 30.5 Å². The number of Topliss-reactive ketones (excluding diaryl/α,β-unsaturated/α-hetero) is 1. The zero-order valence-corrected chi connectivity index (χ0v) is 16.9. The lowest BCUT2D eigenvalue weighted by Gasteiger charge is -2.36.